The first-order valence-corrected chi connectivity index (χ1v) is 7.86. The maximum Gasteiger partial charge on any atom is 0.293 e. The summed E-state index contributed by atoms with van der Waals surface area (Å²) < 4.78 is 11.2. The van der Waals surface area contributed by atoms with E-state index in [0.717, 1.165) is 22.4 Å². The van der Waals surface area contributed by atoms with Gasteiger partial charge in [0.1, 0.15) is 11.3 Å². The van der Waals surface area contributed by atoms with E-state index in [0.29, 0.717) is 23.1 Å². The molecule has 2 heterocycles. The lowest BCUT2D eigenvalue weighted by Gasteiger charge is -2.01. The van der Waals surface area contributed by atoms with Gasteiger partial charge in [-0.05, 0) is 39.0 Å². The minimum Gasteiger partial charge on any atom is -0.494 e. The van der Waals surface area contributed by atoms with Crippen LogP contribution in [-0.2, 0) is 0 Å². The van der Waals surface area contributed by atoms with E-state index in [1.807, 2.05) is 44.4 Å². The van der Waals surface area contributed by atoms with E-state index in [-0.39, 0.29) is 5.91 Å². The molecule has 0 atom stereocenters. The van der Waals surface area contributed by atoms with Crippen molar-refractivity contribution in [3.63, 3.8) is 0 Å². The van der Waals surface area contributed by atoms with Gasteiger partial charge in [0.2, 0.25) is 0 Å². The molecule has 3 aromatic rings. The SMILES string of the molecule is CCOc1ccc2oc(C(=O)Nc3nc(C)cs3)c(C)c2c1. The number of furan rings is 1. The molecule has 0 bridgehead atoms. The third kappa shape index (κ3) is 2.69. The van der Waals surface area contributed by atoms with E-state index in [1.54, 1.807) is 0 Å². The number of aromatic nitrogens is 1. The molecule has 0 saturated heterocycles. The summed E-state index contributed by atoms with van der Waals surface area (Å²) in [5.74, 6) is 0.777. The van der Waals surface area contributed by atoms with Gasteiger partial charge in [-0.3, -0.25) is 10.1 Å². The first-order valence-electron chi connectivity index (χ1n) is 6.98. The van der Waals surface area contributed by atoms with Crippen molar-refractivity contribution < 1.29 is 13.9 Å². The predicted molar refractivity (Wildman–Crippen MR) is 86.9 cm³/mol. The fraction of sp³-hybridized carbons (Fsp3) is 0.250. The number of nitrogens with one attached hydrogen (secondary N) is 1. The van der Waals surface area contributed by atoms with Gasteiger partial charge < -0.3 is 9.15 Å². The maximum atomic E-state index is 12.4. The third-order valence-corrected chi connectivity index (χ3v) is 4.14. The van der Waals surface area contributed by atoms with Crippen LogP contribution in [-0.4, -0.2) is 17.5 Å². The fourth-order valence-electron chi connectivity index (χ4n) is 2.24. The average molecular weight is 316 g/mol. The van der Waals surface area contributed by atoms with Gasteiger partial charge >= 0.3 is 0 Å². The van der Waals surface area contributed by atoms with Crippen LogP contribution in [0.15, 0.2) is 28.0 Å². The summed E-state index contributed by atoms with van der Waals surface area (Å²) in [7, 11) is 0. The number of hydrogen-bond donors (Lipinski definition) is 1. The number of rotatable bonds is 4. The number of nitrogens with zero attached hydrogens (tertiary/aromatic N) is 1. The quantitative estimate of drug-likeness (QED) is 0.785. The highest BCUT2D eigenvalue weighted by Gasteiger charge is 2.19. The Hall–Kier alpha value is -2.34. The summed E-state index contributed by atoms with van der Waals surface area (Å²) >= 11 is 1.39. The highest BCUT2D eigenvalue weighted by Crippen LogP contribution is 2.29. The standard InChI is InChI=1S/C16H16N2O3S/c1-4-20-11-5-6-13-12(7-11)10(3)14(21-13)15(19)18-16-17-9(2)8-22-16/h5-8H,4H2,1-3H3,(H,17,18,19). The molecule has 0 radical (unpaired) electrons. The molecule has 1 aromatic carbocycles. The molecule has 0 saturated carbocycles. The van der Waals surface area contributed by atoms with Crippen molar-refractivity contribution in [2.24, 2.45) is 0 Å². The van der Waals surface area contributed by atoms with Gasteiger partial charge in [-0.25, -0.2) is 4.98 Å². The Labute approximate surface area is 131 Å². The minimum absolute atomic E-state index is 0.291. The lowest BCUT2D eigenvalue weighted by Crippen LogP contribution is -2.11. The Balaban J connectivity index is 1.93. The van der Waals surface area contributed by atoms with Crippen LogP contribution in [0.3, 0.4) is 0 Å². The van der Waals surface area contributed by atoms with E-state index in [9.17, 15) is 4.79 Å². The topological polar surface area (TPSA) is 64.4 Å². The highest BCUT2D eigenvalue weighted by molar-refractivity contribution is 7.13. The second-order valence-corrected chi connectivity index (χ2v) is 5.75. The van der Waals surface area contributed by atoms with E-state index in [4.69, 9.17) is 9.15 Å². The van der Waals surface area contributed by atoms with E-state index in [2.05, 4.69) is 10.3 Å². The number of hydrogen-bond acceptors (Lipinski definition) is 5. The molecule has 0 aliphatic carbocycles. The van der Waals surface area contributed by atoms with Crippen LogP contribution in [0.1, 0.15) is 28.7 Å². The van der Waals surface area contributed by atoms with Crippen LogP contribution < -0.4 is 10.1 Å². The molecular formula is C16H16N2O3S. The first-order chi connectivity index (χ1) is 10.6. The normalized spacial score (nSPS) is 10.9. The summed E-state index contributed by atoms with van der Waals surface area (Å²) in [6.45, 7) is 6.28. The lowest BCUT2D eigenvalue weighted by molar-refractivity contribution is 0.0998. The zero-order valence-electron chi connectivity index (χ0n) is 12.6. The Morgan fingerprint density at radius 1 is 1.41 bits per heavy atom. The van der Waals surface area contributed by atoms with E-state index >= 15 is 0 Å². The monoisotopic (exact) mass is 316 g/mol. The Kier molecular flexibility index (Phi) is 3.85. The molecule has 5 nitrogen and oxygen atoms in total. The van der Waals surface area contributed by atoms with Crippen molar-refractivity contribution in [1.29, 1.82) is 0 Å². The molecule has 2 aromatic heterocycles. The Morgan fingerprint density at radius 3 is 2.91 bits per heavy atom. The highest BCUT2D eigenvalue weighted by atomic mass is 32.1. The first kappa shape index (κ1) is 14.6. The smallest absolute Gasteiger partial charge is 0.293 e. The Bertz CT molecular complexity index is 835. The number of amides is 1. The molecule has 0 unspecified atom stereocenters. The van der Waals surface area contributed by atoms with Crippen LogP contribution in [0.2, 0.25) is 0 Å². The van der Waals surface area contributed by atoms with Crippen molar-refractivity contribution in [3.05, 3.63) is 40.6 Å². The van der Waals surface area contributed by atoms with Gasteiger partial charge in [0, 0.05) is 16.3 Å². The van der Waals surface area contributed by atoms with Crippen LogP contribution in [0.5, 0.6) is 5.75 Å². The summed E-state index contributed by atoms with van der Waals surface area (Å²) in [5, 5.41) is 6.10. The van der Waals surface area contributed by atoms with Crippen LogP contribution in [0.4, 0.5) is 5.13 Å². The van der Waals surface area contributed by atoms with E-state index < -0.39 is 0 Å². The Morgan fingerprint density at radius 2 is 2.23 bits per heavy atom. The largest absolute Gasteiger partial charge is 0.494 e. The minimum atomic E-state index is -0.291. The number of benzene rings is 1. The fourth-order valence-corrected chi connectivity index (χ4v) is 2.92. The predicted octanol–water partition coefficient (Wildman–Crippen LogP) is 4.16. The number of fused-ring (bicyclic) bond motifs is 1. The molecule has 6 heteroatoms. The number of carbonyl (C=O) groups is 1. The van der Waals surface area contributed by atoms with Crippen molar-refractivity contribution in [2.45, 2.75) is 20.8 Å². The number of carbonyl (C=O) groups excluding carboxylic acids is 1. The van der Waals surface area contributed by atoms with Gasteiger partial charge in [-0.1, -0.05) is 0 Å². The van der Waals surface area contributed by atoms with Gasteiger partial charge in [0.25, 0.3) is 5.91 Å². The van der Waals surface area contributed by atoms with Crippen LogP contribution in [0.25, 0.3) is 11.0 Å². The summed E-state index contributed by atoms with van der Waals surface area (Å²) in [5.41, 5.74) is 2.34. The molecule has 22 heavy (non-hydrogen) atoms. The molecule has 0 fully saturated rings. The molecule has 0 aliphatic rings. The second kappa shape index (κ2) is 5.81. The van der Waals surface area contributed by atoms with Crippen molar-refractivity contribution >= 4 is 33.3 Å². The van der Waals surface area contributed by atoms with Crippen molar-refractivity contribution in [1.82, 2.24) is 4.98 Å². The summed E-state index contributed by atoms with van der Waals surface area (Å²) in [4.78, 5) is 16.6. The summed E-state index contributed by atoms with van der Waals surface area (Å²) in [6, 6.07) is 5.54. The van der Waals surface area contributed by atoms with Crippen LogP contribution in [0, 0.1) is 13.8 Å². The van der Waals surface area contributed by atoms with Crippen molar-refractivity contribution in [2.75, 3.05) is 11.9 Å². The van der Waals surface area contributed by atoms with Gasteiger partial charge in [0.15, 0.2) is 10.9 Å². The lowest BCUT2D eigenvalue weighted by atomic mass is 10.1. The zero-order chi connectivity index (χ0) is 15.7. The number of ether oxygens (including phenoxy) is 1. The molecular weight excluding hydrogens is 300 g/mol. The molecule has 1 amide bonds. The molecule has 0 spiro atoms. The maximum absolute atomic E-state index is 12.4. The van der Waals surface area contributed by atoms with E-state index in [1.165, 1.54) is 11.3 Å². The molecule has 114 valence electrons. The number of aryl methyl sites for hydroxylation is 2. The average Bonchev–Trinajstić information content (AvgIpc) is 3.04. The zero-order valence-corrected chi connectivity index (χ0v) is 13.4. The number of thiazole rings is 1. The third-order valence-electron chi connectivity index (χ3n) is 3.26. The van der Waals surface area contributed by atoms with Gasteiger partial charge in [-0.15, -0.1) is 11.3 Å². The molecule has 0 aliphatic heterocycles. The molecule has 1 N–H and O–H groups in total. The second-order valence-electron chi connectivity index (χ2n) is 4.90. The van der Waals surface area contributed by atoms with Gasteiger partial charge in [-0.2, -0.15) is 0 Å². The molecule has 3 rings (SSSR count). The van der Waals surface area contributed by atoms with Crippen LogP contribution >= 0.6 is 11.3 Å². The van der Waals surface area contributed by atoms with Gasteiger partial charge in [0.05, 0.1) is 12.3 Å². The van der Waals surface area contributed by atoms with Crippen molar-refractivity contribution in [3.8, 4) is 5.75 Å². The number of anilines is 1. The summed E-state index contributed by atoms with van der Waals surface area (Å²) in [6.07, 6.45) is 0.